The molecule has 4 nitrogen and oxygen atoms in total. The first-order valence-electron chi connectivity index (χ1n) is 7.52. The van der Waals surface area contributed by atoms with Gasteiger partial charge < -0.3 is 9.64 Å². The quantitative estimate of drug-likeness (QED) is 0.841. The minimum absolute atomic E-state index is 0.287. The Hall–Kier alpha value is -1.39. The number of carbonyl (C=O) groups is 1. The number of ketones is 1. The molecule has 2 heterocycles. The molecule has 1 fully saturated rings. The molecule has 1 aromatic carbocycles. The molecule has 0 aromatic heterocycles. The molecule has 0 aliphatic carbocycles. The number of ether oxygens (including phenoxy) is 1. The molecule has 108 valence electrons. The van der Waals surface area contributed by atoms with Crippen LogP contribution in [0.3, 0.4) is 0 Å². The van der Waals surface area contributed by atoms with Gasteiger partial charge in [0.05, 0.1) is 13.2 Å². The minimum Gasteiger partial charge on any atom is -0.379 e. The second-order valence-corrected chi connectivity index (χ2v) is 5.48. The molecule has 0 amide bonds. The third-order valence-corrected chi connectivity index (χ3v) is 4.17. The highest BCUT2D eigenvalue weighted by Crippen LogP contribution is 2.25. The predicted octanol–water partition coefficient (Wildman–Crippen LogP) is 1.80. The summed E-state index contributed by atoms with van der Waals surface area (Å²) in [5.41, 5.74) is 2.01. The Kier molecular flexibility index (Phi) is 4.33. The van der Waals surface area contributed by atoms with Crippen molar-refractivity contribution in [2.75, 3.05) is 50.8 Å². The van der Waals surface area contributed by atoms with Crippen LogP contribution in [-0.4, -0.2) is 56.6 Å². The molecule has 0 N–H and O–H groups in total. The number of nitrogens with zero attached hydrogens (tertiary/aromatic N) is 2. The molecule has 0 bridgehead atoms. The number of morpholine rings is 1. The molecule has 4 heteroatoms. The largest absolute Gasteiger partial charge is 0.379 e. The molecule has 0 unspecified atom stereocenters. The molecule has 0 atom stereocenters. The molecule has 20 heavy (non-hydrogen) atoms. The van der Waals surface area contributed by atoms with Gasteiger partial charge >= 0.3 is 0 Å². The first kappa shape index (κ1) is 13.6. The van der Waals surface area contributed by atoms with E-state index < -0.39 is 0 Å². The van der Waals surface area contributed by atoms with E-state index in [0.717, 1.165) is 63.6 Å². The van der Waals surface area contributed by atoms with E-state index in [1.165, 1.54) is 0 Å². The number of anilines is 1. The monoisotopic (exact) mass is 274 g/mol. The van der Waals surface area contributed by atoms with Crippen molar-refractivity contribution in [3.8, 4) is 0 Å². The van der Waals surface area contributed by atoms with Gasteiger partial charge in [-0.3, -0.25) is 9.69 Å². The van der Waals surface area contributed by atoms with Crippen LogP contribution < -0.4 is 4.90 Å². The summed E-state index contributed by atoms with van der Waals surface area (Å²) in [6.45, 7) is 6.75. The average molecular weight is 274 g/mol. The van der Waals surface area contributed by atoms with E-state index >= 15 is 0 Å². The van der Waals surface area contributed by atoms with Crippen LogP contribution in [0.15, 0.2) is 24.3 Å². The molecule has 3 rings (SSSR count). The summed E-state index contributed by atoms with van der Waals surface area (Å²) in [7, 11) is 0. The maximum absolute atomic E-state index is 12.1. The van der Waals surface area contributed by atoms with Crippen LogP contribution in [-0.2, 0) is 4.74 Å². The van der Waals surface area contributed by atoms with Gasteiger partial charge in [-0.25, -0.2) is 0 Å². The number of benzene rings is 1. The van der Waals surface area contributed by atoms with Crippen LogP contribution in [0.1, 0.15) is 23.2 Å². The zero-order chi connectivity index (χ0) is 13.8. The lowest BCUT2D eigenvalue weighted by Crippen LogP contribution is -2.41. The van der Waals surface area contributed by atoms with Crippen LogP contribution in [0.4, 0.5) is 5.69 Å². The lowest BCUT2D eigenvalue weighted by molar-refractivity contribution is 0.0392. The molecule has 2 aliphatic heterocycles. The number of rotatable bonds is 3. The Bertz CT molecular complexity index is 469. The highest BCUT2D eigenvalue weighted by atomic mass is 16.5. The normalized spacial score (nSPS) is 20.6. The van der Waals surface area contributed by atoms with E-state index in [1.807, 2.05) is 18.2 Å². The van der Waals surface area contributed by atoms with Gasteiger partial charge in [0.1, 0.15) is 0 Å². The summed E-state index contributed by atoms with van der Waals surface area (Å²) < 4.78 is 5.38. The van der Waals surface area contributed by atoms with Gasteiger partial charge in [0.25, 0.3) is 0 Å². The molecule has 0 radical (unpaired) electrons. The first-order valence-corrected chi connectivity index (χ1v) is 7.52. The van der Waals surface area contributed by atoms with Crippen molar-refractivity contribution in [1.29, 1.82) is 0 Å². The van der Waals surface area contributed by atoms with Crippen molar-refractivity contribution >= 4 is 11.5 Å². The van der Waals surface area contributed by atoms with Crippen molar-refractivity contribution in [3.63, 3.8) is 0 Å². The number of fused-ring (bicyclic) bond motifs is 1. The van der Waals surface area contributed by atoms with Crippen molar-refractivity contribution in [2.24, 2.45) is 0 Å². The first-order chi connectivity index (χ1) is 9.84. The van der Waals surface area contributed by atoms with Gasteiger partial charge in [-0.1, -0.05) is 12.1 Å². The maximum Gasteiger partial charge on any atom is 0.165 e. The van der Waals surface area contributed by atoms with Crippen molar-refractivity contribution < 1.29 is 9.53 Å². The van der Waals surface area contributed by atoms with Gasteiger partial charge in [0.15, 0.2) is 5.78 Å². The molecule has 1 saturated heterocycles. The second-order valence-electron chi connectivity index (χ2n) is 5.48. The Morgan fingerprint density at radius 2 is 1.85 bits per heavy atom. The molecular formula is C16H22N2O2. The molecule has 0 saturated carbocycles. The fraction of sp³-hybridized carbons (Fsp3) is 0.562. The van der Waals surface area contributed by atoms with Gasteiger partial charge in [0.2, 0.25) is 0 Å². The van der Waals surface area contributed by atoms with Crippen molar-refractivity contribution in [2.45, 2.75) is 12.8 Å². The molecule has 0 spiro atoms. The summed E-state index contributed by atoms with van der Waals surface area (Å²) in [4.78, 5) is 16.9. The Morgan fingerprint density at radius 1 is 1.05 bits per heavy atom. The van der Waals surface area contributed by atoms with E-state index in [9.17, 15) is 4.79 Å². The van der Waals surface area contributed by atoms with E-state index in [4.69, 9.17) is 4.74 Å². The average Bonchev–Trinajstić information content (AvgIpc) is 2.66. The van der Waals surface area contributed by atoms with Crippen LogP contribution in [0.25, 0.3) is 0 Å². The number of hydrogen-bond acceptors (Lipinski definition) is 4. The predicted molar refractivity (Wildman–Crippen MR) is 79.5 cm³/mol. The smallest absolute Gasteiger partial charge is 0.165 e. The summed E-state index contributed by atoms with van der Waals surface area (Å²) in [5, 5.41) is 0. The topological polar surface area (TPSA) is 32.8 Å². The van der Waals surface area contributed by atoms with Gasteiger partial charge in [0, 0.05) is 50.4 Å². The highest BCUT2D eigenvalue weighted by Gasteiger charge is 2.21. The molecule has 2 aliphatic rings. The van der Waals surface area contributed by atoms with E-state index in [1.54, 1.807) is 0 Å². The summed E-state index contributed by atoms with van der Waals surface area (Å²) in [6, 6.07) is 8.03. The van der Waals surface area contributed by atoms with E-state index in [0.29, 0.717) is 6.42 Å². The zero-order valence-electron chi connectivity index (χ0n) is 11.9. The number of para-hydroxylation sites is 1. The van der Waals surface area contributed by atoms with Gasteiger partial charge in [-0.2, -0.15) is 0 Å². The molecular weight excluding hydrogens is 252 g/mol. The van der Waals surface area contributed by atoms with Gasteiger partial charge in [-0.05, 0) is 18.6 Å². The SMILES string of the molecule is O=C1CCCN(CCN2CCOCC2)c2ccccc21. The third kappa shape index (κ3) is 3.02. The highest BCUT2D eigenvalue weighted by molar-refractivity contribution is 6.01. The maximum atomic E-state index is 12.1. The van der Waals surface area contributed by atoms with Crippen LogP contribution in [0, 0.1) is 0 Å². The Labute approximate surface area is 120 Å². The second kappa shape index (κ2) is 6.37. The van der Waals surface area contributed by atoms with Crippen molar-refractivity contribution in [3.05, 3.63) is 29.8 Å². The van der Waals surface area contributed by atoms with Crippen molar-refractivity contribution in [1.82, 2.24) is 4.90 Å². The summed E-state index contributed by atoms with van der Waals surface area (Å²) in [5.74, 6) is 0.287. The lowest BCUT2D eigenvalue weighted by Gasteiger charge is -2.31. The van der Waals surface area contributed by atoms with Crippen LogP contribution in [0.5, 0.6) is 0 Å². The fourth-order valence-electron chi connectivity index (χ4n) is 2.99. The summed E-state index contributed by atoms with van der Waals surface area (Å²) in [6.07, 6.45) is 1.63. The van der Waals surface area contributed by atoms with Crippen LogP contribution >= 0.6 is 0 Å². The summed E-state index contributed by atoms with van der Waals surface area (Å²) >= 11 is 0. The Morgan fingerprint density at radius 3 is 2.70 bits per heavy atom. The zero-order valence-corrected chi connectivity index (χ0v) is 11.9. The minimum atomic E-state index is 0.287. The number of carbonyl (C=O) groups excluding carboxylic acids is 1. The van der Waals surface area contributed by atoms with Gasteiger partial charge in [-0.15, -0.1) is 0 Å². The lowest BCUT2D eigenvalue weighted by atomic mass is 10.1. The Balaban J connectivity index is 1.69. The fourth-order valence-corrected chi connectivity index (χ4v) is 2.99. The van der Waals surface area contributed by atoms with E-state index in [2.05, 4.69) is 15.9 Å². The number of hydrogen-bond donors (Lipinski definition) is 0. The van der Waals surface area contributed by atoms with E-state index in [-0.39, 0.29) is 5.78 Å². The number of Topliss-reactive ketones (excluding diaryl/α,β-unsaturated/α-hetero) is 1. The molecule has 1 aromatic rings. The third-order valence-electron chi connectivity index (χ3n) is 4.17. The standard InChI is InChI=1S/C16H22N2O2/c19-16-6-3-7-18(15-5-2-1-4-14(15)16)9-8-17-10-12-20-13-11-17/h1-2,4-5H,3,6-13H2. The van der Waals surface area contributed by atoms with Crippen LogP contribution in [0.2, 0.25) is 0 Å².